The van der Waals surface area contributed by atoms with Crippen molar-refractivity contribution in [2.75, 3.05) is 6.61 Å². The fourth-order valence-corrected chi connectivity index (χ4v) is 2.46. The highest BCUT2D eigenvalue weighted by molar-refractivity contribution is 5.69. The van der Waals surface area contributed by atoms with Gasteiger partial charge in [0.15, 0.2) is 0 Å². The fourth-order valence-electron chi connectivity index (χ4n) is 2.46. The van der Waals surface area contributed by atoms with Crippen molar-refractivity contribution in [2.24, 2.45) is 0 Å². The summed E-state index contributed by atoms with van der Waals surface area (Å²) in [6.07, 6.45) is 13.4. The highest BCUT2D eigenvalue weighted by Crippen LogP contribution is 2.11. The van der Waals surface area contributed by atoms with Crippen LogP contribution in [-0.2, 0) is 9.53 Å². The first-order valence-corrected chi connectivity index (χ1v) is 9.51. The van der Waals surface area contributed by atoms with Crippen LogP contribution in [0.5, 0.6) is 0 Å². The van der Waals surface area contributed by atoms with Crippen LogP contribution in [0.25, 0.3) is 0 Å². The Balaban J connectivity index is 2.35. The molecule has 1 rings (SSSR count). The molecule has 0 aromatic rings. The van der Waals surface area contributed by atoms with E-state index in [4.69, 9.17) is 4.74 Å². The number of carbonyl (C=O) groups is 1. The maximum absolute atomic E-state index is 11.6. The minimum Gasteiger partial charge on any atom is -0.466 e. The predicted octanol–water partition coefficient (Wildman–Crippen LogP) is 4.63. The van der Waals surface area contributed by atoms with Crippen molar-refractivity contribution in [3.8, 4) is 47.4 Å². The van der Waals surface area contributed by atoms with Crippen LogP contribution >= 0.6 is 0 Å². The van der Waals surface area contributed by atoms with Gasteiger partial charge in [0.2, 0.25) is 0 Å². The Morgan fingerprint density at radius 2 is 1.04 bits per heavy atom. The first-order chi connectivity index (χ1) is 12.4. The summed E-state index contributed by atoms with van der Waals surface area (Å²) in [5, 5.41) is 0. The summed E-state index contributed by atoms with van der Waals surface area (Å²) in [5.41, 5.74) is 0. The second kappa shape index (κ2) is 16.6. The van der Waals surface area contributed by atoms with Gasteiger partial charge in [-0.2, -0.15) is 0 Å². The monoisotopic (exact) mass is 336 g/mol. The van der Waals surface area contributed by atoms with E-state index >= 15 is 0 Å². The molecule has 0 spiro atoms. The van der Waals surface area contributed by atoms with Gasteiger partial charge in [0.05, 0.1) is 6.61 Å². The molecule has 0 bridgehead atoms. The van der Waals surface area contributed by atoms with Crippen LogP contribution in [0.3, 0.4) is 0 Å². The molecule has 2 nitrogen and oxygen atoms in total. The van der Waals surface area contributed by atoms with Crippen LogP contribution in [0.15, 0.2) is 0 Å². The molecule has 0 saturated heterocycles. The molecule has 0 fully saturated rings. The Labute approximate surface area is 153 Å². The third-order valence-electron chi connectivity index (χ3n) is 3.88. The van der Waals surface area contributed by atoms with Crippen molar-refractivity contribution in [3.05, 3.63) is 0 Å². The first-order valence-electron chi connectivity index (χ1n) is 9.51. The van der Waals surface area contributed by atoms with Crippen LogP contribution in [0.1, 0.15) is 83.5 Å². The standard InChI is InChI=1S/C23H28O2/c24-23-21-19-17-15-13-11-9-7-5-3-1-2-4-6-8-10-12-14-16-18-20-22-25-23/h3,5,7,9,11,13,15-22H2. The van der Waals surface area contributed by atoms with Gasteiger partial charge >= 0.3 is 5.97 Å². The summed E-state index contributed by atoms with van der Waals surface area (Å²) in [6, 6.07) is 0. The van der Waals surface area contributed by atoms with Gasteiger partial charge in [0.1, 0.15) is 0 Å². The SMILES string of the molecule is O=C1CCCCCCCCCCC#CC#CC#CC#CCCCCO1. The third-order valence-corrected chi connectivity index (χ3v) is 3.88. The molecule has 2 heteroatoms. The highest BCUT2D eigenvalue weighted by atomic mass is 16.5. The number of hydrogen-bond donors (Lipinski definition) is 0. The van der Waals surface area contributed by atoms with Gasteiger partial charge in [-0.1, -0.05) is 50.4 Å². The van der Waals surface area contributed by atoms with E-state index in [2.05, 4.69) is 47.4 Å². The second-order valence-electron chi connectivity index (χ2n) is 6.11. The minimum atomic E-state index is -0.0638. The molecule has 1 aliphatic rings. The average molecular weight is 336 g/mol. The largest absolute Gasteiger partial charge is 0.466 e. The van der Waals surface area contributed by atoms with Crippen molar-refractivity contribution in [2.45, 2.75) is 83.5 Å². The third kappa shape index (κ3) is 15.0. The van der Waals surface area contributed by atoms with Gasteiger partial charge in [-0.25, -0.2) is 0 Å². The van der Waals surface area contributed by atoms with E-state index in [0.717, 1.165) is 44.9 Å². The summed E-state index contributed by atoms with van der Waals surface area (Å²) in [5.74, 6) is 22.4. The summed E-state index contributed by atoms with van der Waals surface area (Å²) >= 11 is 0. The minimum absolute atomic E-state index is 0.0638. The van der Waals surface area contributed by atoms with Crippen molar-refractivity contribution in [1.82, 2.24) is 0 Å². The number of ether oxygens (including phenoxy) is 1. The molecule has 0 atom stereocenters. The summed E-state index contributed by atoms with van der Waals surface area (Å²) in [4.78, 5) is 11.6. The van der Waals surface area contributed by atoms with Gasteiger partial charge in [-0.15, -0.1) is 0 Å². The molecule has 1 aliphatic heterocycles. The predicted molar refractivity (Wildman–Crippen MR) is 102 cm³/mol. The van der Waals surface area contributed by atoms with Gasteiger partial charge < -0.3 is 4.74 Å². The Morgan fingerprint density at radius 1 is 0.560 bits per heavy atom. The summed E-state index contributed by atoms with van der Waals surface area (Å²) < 4.78 is 5.23. The van der Waals surface area contributed by atoms with E-state index < -0.39 is 0 Å². The van der Waals surface area contributed by atoms with E-state index in [0.29, 0.717) is 13.0 Å². The zero-order valence-corrected chi connectivity index (χ0v) is 15.2. The average Bonchev–Trinajstić information content (AvgIpc) is 2.61. The molecule has 0 aromatic heterocycles. The highest BCUT2D eigenvalue weighted by Gasteiger charge is 2.02. The molecule has 0 unspecified atom stereocenters. The fraction of sp³-hybridized carbons (Fsp3) is 0.609. The zero-order valence-electron chi connectivity index (χ0n) is 15.2. The molecule has 0 aromatic carbocycles. The lowest BCUT2D eigenvalue weighted by Gasteiger charge is -2.04. The molecule has 0 radical (unpaired) electrons. The lowest BCUT2D eigenvalue weighted by Crippen LogP contribution is -2.05. The van der Waals surface area contributed by atoms with E-state index in [1.54, 1.807) is 0 Å². The Hall–Kier alpha value is -2.29. The van der Waals surface area contributed by atoms with Crippen molar-refractivity contribution in [3.63, 3.8) is 0 Å². The Bertz CT molecular complexity index is 614. The molecule has 0 N–H and O–H groups in total. The molecule has 132 valence electrons. The molecular formula is C23H28O2. The van der Waals surface area contributed by atoms with Crippen LogP contribution in [0.2, 0.25) is 0 Å². The molecule has 0 saturated carbocycles. The van der Waals surface area contributed by atoms with Gasteiger partial charge in [0.25, 0.3) is 0 Å². The second-order valence-corrected chi connectivity index (χ2v) is 6.11. The van der Waals surface area contributed by atoms with E-state index in [9.17, 15) is 4.79 Å². The summed E-state index contributed by atoms with van der Waals surface area (Å²) in [7, 11) is 0. The van der Waals surface area contributed by atoms with Gasteiger partial charge in [-0.3, -0.25) is 4.79 Å². The lowest BCUT2D eigenvalue weighted by atomic mass is 10.1. The van der Waals surface area contributed by atoms with Crippen LogP contribution in [-0.4, -0.2) is 12.6 Å². The molecule has 0 aliphatic carbocycles. The molecule has 0 amide bonds. The molecule has 25 heavy (non-hydrogen) atoms. The number of rotatable bonds is 0. The normalized spacial score (nSPS) is 18.2. The molecule has 1 heterocycles. The topological polar surface area (TPSA) is 26.3 Å². The maximum atomic E-state index is 11.6. The Morgan fingerprint density at radius 3 is 1.68 bits per heavy atom. The van der Waals surface area contributed by atoms with E-state index in [-0.39, 0.29) is 5.97 Å². The number of cyclic esters (lactones) is 1. The zero-order chi connectivity index (χ0) is 17.8. The number of esters is 1. The van der Waals surface area contributed by atoms with E-state index in [1.165, 1.54) is 32.1 Å². The van der Waals surface area contributed by atoms with Crippen molar-refractivity contribution in [1.29, 1.82) is 0 Å². The lowest BCUT2D eigenvalue weighted by molar-refractivity contribution is -0.143. The van der Waals surface area contributed by atoms with Gasteiger partial charge in [0, 0.05) is 19.3 Å². The molecular weight excluding hydrogens is 308 g/mol. The maximum Gasteiger partial charge on any atom is 0.305 e. The van der Waals surface area contributed by atoms with Crippen LogP contribution in [0, 0.1) is 47.4 Å². The van der Waals surface area contributed by atoms with Crippen molar-refractivity contribution < 1.29 is 9.53 Å². The summed E-state index contributed by atoms with van der Waals surface area (Å²) in [6.45, 7) is 0.496. The van der Waals surface area contributed by atoms with Crippen molar-refractivity contribution >= 4 is 5.97 Å². The number of carbonyl (C=O) groups excluding carboxylic acids is 1. The number of hydrogen-bond acceptors (Lipinski definition) is 2. The first kappa shape index (κ1) is 20.8. The Kier molecular flexibility index (Phi) is 13.8. The quantitative estimate of drug-likeness (QED) is 0.476. The van der Waals surface area contributed by atoms with E-state index in [1.807, 2.05) is 0 Å². The van der Waals surface area contributed by atoms with Crippen LogP contribution < -0.4 is 0 Å². The van der Waals surface area contributed by atoms with Gasteiger partial charge in [-0.05, 0) is 61.2 Å². The smallest absolute Gasteiger partial charge is 0.305 e. The van der Waals surface area contributed by atoms with Crippen LogP contribution in [0.4, 0.5) is 0 Å².